The molecule has 8 rings (SSSR count). The summed E-state index contributed by atoms with van der Waals surface area (Å²) in [5.41, 5.74) is 10.9. The lowest BCUT2D eigenvalue weighted by Crippen LogP contribution is -2.29. The molecular weight excluding hydrogens is 536 g/mol. The number of rotatable bonds is 4. The third-order valence-electron chi connectivity index (χ3n) is 9.35. The Morgan fingerprint density at radius 1 is 0.523 bits per heavy atom. The Labute approximate surface area is 257 Å². The lowest BCUT2D eigenvalue weighted by atomic mass is 9.66. The first-order chi connectivity index (χ1) is 21.7. The predicted molar refractivity (Wildman–Crippen MR) is 176 cm³/mol. The Bertz CT molecular complexity index is 1990. The molecule has 4 heteroatoms. The Hall–Kier alpha value is -5.40. The van der Waals surface area contributed by atoms with Gasteiger partial charge in [-0.05, 0) is 58.4 Å². The molecule has 4 nitrogen and oxygen atoms in total. The van der Waals surface area contributed by atoms with E-state index in [1.165, 1.54) is 47.1 Å². The topological polar surface area (TPSA) is 62.5 Å². The number of hydrogen-bond donors (Lipinski definition) is 0. The molecule has 2 aliphatic carbocycles. The van der Waals surface area contributed by atoms with Crippen molar-refractivity contribution in [3.05, 3.63) is 138 Å². The minimum atomic E-state index is -0.0910. The van der Waals surface area contributed by atoms with E-state index in [0.717, 1.165) is 40.7 Å². The van der Waals surface area contributed by atoms with Gasteiger partial charge in [0.15, 0.2) is 17.5 Å². The van der Waals surface area contributed by atoms with E-state index in [2.05, 4.69) is 54.6 Å². The van der Waals surface area contributed by atoms with Crippen molar-refractivity contribution in [1.29, 1.82) is 5.26 Å². The van der Waals surface area contributed by atoms with Gasteiger partial charge < -0.3 is 0 Å². The van der Waals surface area contributed by atoms with Crippen LogP contribution in [0, 0.1) is 11.3 Å². The summed E-state index contributed by atoms with van der Waals surface area (Å²) in [6.07, 6.45) is 5.80. The zero-order valence-corrected chi connectivity index (χ0v) is 24.4. The van der Waals surface area contributed by atoms with Crippen LogP contribution < -0.4 is 0 Å². The molecule has 1 heterocycles. The maximum Gasteiger partial charge on any atom is 0.164 e. The molecule has 1 fully saturated rings. The average Bonchev–Trinajstić information content (AvgIpc) is 3.38. The molecule has 0 atom stereocenters. The lowest BCUT2D eigenvalue weighted by Gasteiger charge is -2.36. The molecule has 1 aromatic heterocycles. The maximum absolute atomic E-state index is 10.2. The van der Waals surface area contributed by atoms with Crippen LogP contribution in [0.2, 0.25) is 0 Å². The maximum atomic E-state index is 10.2. The minimum absolute atomic E-state index is 0.0910. The van der Waals surface area contributed by atoms with Crippen molar-refractivity contribution in [3.8, 4) is 62.5 Å². The third-order valence-corrected chi connectivity index (χ3v) is 9.35. The van der Waals surface area contributed by atoms with E-state index in [4.69, 9.17) is 15.0 Å². The van der Waals surface area contributed by atoms with E-state index >= 15 is 0 Å². The first kappa shape index (κ1) is 26.2. The van der Waals surface area contributed by atoms with Crippen LogP contribution in [0.5, 0.6) is 0 Å². The summed E-state index contributed by atoms with van der Waals surface area (Å²) in [6, 6.07) is 44.2. The van der Waals surface area contributed by atoms with Crippen molar-refractivity contribution in [2.75, 3.05) is 0 Å². The van der Waals surface area contributed by atoms with E-state index in [1.807, 2.05) is 72.8 Å². The fourth-order valence-electron chi connectivity index (χ4n) is 7.42. The highest BCUT2D eigenvalue weighted by atomic mass is 15.0. The van der Waals surface area contributed by atoms with Crippen molar-refractivity contribution >= 4 is 0 Å². The summed E-state index contributed by atoms with van der Waals surface area (Å²) >= 11 is 0. The molecule has 0 bridgehead atoms. The van der Waals surface area contributed by atoms with Gasteiger partial charge in [-0.3, -0.25) is 0 Å². The molecule has 0 radical (unpaired) electrons. The van der Waals surface area contributed by atoms with Gasteiger partial charge in [0.05, 0.1) is 11.6 Å². The number of aromatic nitrogens is 3. The molecule has 6 aromatic rings. The number of benzene rings is 5. The van der Waals surface area contributed by atoms with E-state index < -0.39 is 0 Å². The molecule has 1 saturated carbocycles. The molecule has 0 saturated heterocycles. The van der Waals surface area contributed by atoms with E-state index in [1.54, 1.807) is 0 Å². The molecule has 0 aliphatic heterocycles. The second-order valence-corrected chi connectivity index (χ2v) is 11.8. The number of nitrogens with zero attached hydrogens (tertiary/aromatic N) is 4. The molecule has 2 aliphatic rings. The van der Waals surface area contributed by atoms with E-state index in [-0.39, 0.29) is 5.41 Å². The van der Waals surface area contributed by atoms with Gasteiger partial charge in [0, 0.05) is 22.1 Å². The van der Waals surface area contributed by atoms with Crippen LogP contribution in [0.25, 0.3) is 56.4 Å². The second-order valence-electron chi connectivity index (χ2n) is 11.8. The number of nitriles is 1. The molecule has 5 aromatic carbocycles. The second kappa shape index (κ2) is 10.7. The van der Waals surface area contributed by atoms with Gasteiger partial charge in [-0.15, -0.1) is 0 Å². The van der Waals surface area contributed by atoms with Crippen LogP contribution in [-0.4, -0.2) is 15.0 Å². The monoisotopic (exact) mass is 566 g/mol. The smallest absolute Gasteiger partial charge is 0.164 e. The highest BCUT2D eigenvalue weighted by Crippen LogP contribution is 2.58. The fraction of sp³-hybridized carbons (Fsp3) is 0.150. The number of hydrogen-bond acceptors (Lipinski definition) is 4. The Morgan fingerprint density at radius 2 is 1.07 bits per heavy atom. The molecule has 0 N–H and O–H groups in total. The van der Waals surface area contributed by atoms with Gasteiger partial charge in [-0.2, -0.15) is 5.26 Å². The first-order valence-corrected chi connectivity index (χ1v) is 15.4. The molecule has 44 heavy (non-hydrogen) atoms. The zero-order valence-electron chi connectivity index (χ0n) is 24.4. The minimum Gasteiger partial charge on any atom is -0.208 e. The first-order valence-electron chi connectivity index (χ1n) is 15.4. The third kappa shape index (κ3) is 4.24. The highest BCUT2D eigenvalue weighted by Gasteiger charge is 2.46. The summed E-state index contributed by atoms with van der Waals surface area (Å²) in [4.78, 5) is 14.8. The van der Waals surface area contributed by atoms with Crippen LogP contribution in [-0.2, 0) is 5.41 Å². The molecule has 1 spiro atoms. The van der Waals surface area contributed by atoms with Crippen LogP contribution in [0.1, 0.15) is 48.8 Å². The Balaban J connectivity index is 1.30. The van der Waals surface area contributed by atoms with Crippen LogP contribution >= 0.6 is 0 Å². The van der Waals surface area contributed by atoms with Crippen molar-refractivity contribution in [2.24, 2.45) is 0 Å². The highest BCUT2D eigenvalue weighted by molar-refractivity contribution is 5.94. The molecule has 0 amide bonds. The van der Waals surface area contributed by atoms with Crippen LogP contribution in [0.4, 0.5) is 0 Å². The summed E-state index contributed by atoms with van der Waals surface area (Å²) in [6.45, 7) is 0. The van der Waals surface area contributed by atoms with Crippen molar-refractivity contribution < 1.29 is 0 Å². The quantitative estimate of drug-likeness (QED) is 0.213. The molecule has 0 unspecified atom stereocenters. The lowest BCUT2D eigenvalue weighted by molar-refractivity contribution is 0.352. The summed E-state index contributed by atoms with van der Waals surface area (Å²) in [7, 11) is 0. The largest absolute Gasteiger partial charge is 0.208 e. The standard InChI is InChI=1S/C40H30N4/c41-26-31-19-11-21-33-35-32(20-12-22-34(35)40(36(31)33)23-8-3-9-24-40)29-17-10-18-30(25-29)39-43-37(27-13-4-1-5-14-27)42-38(44-39)28-15-6-2-7-16-28/h1-2,4-7,10-22,25H,3,8-9,23-24H2. The van der Waals surface area contributed by atoms with Crippen molar-refractivity contribution in [3.63, 3.8) is 0 Å². The SMILES string of the molecule is N#Cc1cccc2c1C1(CCCCC1)c1cccc(-c3cccc(-c4nc(-c5ccccc5)nc(-c5ccccc5)n4)c3)c1-2. The van der Waals surface area contributed by atoms with Gasteiger partial charge in [0.25, 0.3) is 0 Å². The van der Waals surface area contributed by atoms with E-state index in [9.17, 15) is 5.26 Å². The predicted octanol–water partition coefficient (Wildman–Crippen LogP) is 9.64. The summed E-state index contributed by atoms with van der Waals surface area (Å²) in [5, 5.41) is 10.2. The van der Waals surface area contributed by atoms with Crippen LogP contribution in [0.15, 0.2) is 121 Å². The molecular formula is C40H30N4. The Kier molecular flexibility index (Phi) is 6.38. The van der Waals surface area contributed by atoms with E-state index in [0.29, 0.717) is 17.5 Å². The van der Waals surface area contributed by atoms with Crippen molar-refractivity contribution in [1.82, 2.24) is 15.0 Å². The number of fused-ring (bicyclic) bond motifs is 5. The van der Waals surface area contributed by atoms with Gasteiger partial charge in [0.2, 0.25) is 0 Å². The summed E-state index contributed by atoms with van der Waals surface area (Å²) < 4.78 is 0. The normalized spacial score (nSPS) is 14.5. The summed E-state index contributed by atoms with van der Waals surface area (Å²) in [5.74, 6) is 1.94. The Morgan fingerprint density at radius 3 is 1.73 bits per heavy atom. The molecule has 210 valence electrons. The fourth-order valence-corrected chi connectivity index (χ4v) is 7.42. The average molecular weight is 567 g/mol. The van der Waals surface area contributed by atoms with Gasteiger partial charge >= 0.3 is 0 Å². The van der Waals surface area contributed by atoms with Gasteiger partial charge in [0.1, 0.15) is 0 Å². The van der Waals surface area contributed by atoms with Gasteiger partial charge in [-0.1, -0.05) is 128 Å². The zero-order chi connectivity index (χ0) is 29.5. The van der Waals surface area contributed by atoms with Crippen molar-refractivity contribution in [2.45, 2.75) is 37.5 Å². The van der Waals surface area contributed by atoms with Gasteiger partial charge in [-0.25, -0.2) is 15.0 Å². The van der Waals surface area contributed by atoms with Crippen LogP contribution in [0.3, 0.4) is 0 Å².